The third kappa shape index (κ3) is 3.06. The van der Waals surface area contributed by atoms with Crippen LogP contribution in [0.2, 0.25) is 0 Å². The van der Waals surface area contributed by atoms with Crippen molar-refractivity contribution in [3.63, 3.8) is 0 Å². The summed E-state index contributed by atoms with van der Waals surface area (Å²) in [5.74, 6) is -1.64. The number of aromatic nitrogens is 2. The standard InChI is InChI=1S/C11H10N4O4/c12-10-9(14-19-15-10)11(18)13-7-3-1-2-6(4-7)5-8(16)17/h1-4H,5H2,(H2,12,15)(H,13,18)(H,16,17). The molecular formula is C11H10N4O4. The number of carbonyl (C=O) groups excluding carboxylic acids is 1. The second-order valence-electron chi connectivity index (χ2n) is 3.72. The molecule has 19 heavy (non-hydrogen) atoms. The maximum atomic E-state index is 11.8. The quantitative estimate of drug-likeness (QED) is 0.732. The molecule has 2 aromatic rings. The van der Waals surface area contributed by atoms with E-state index in [1.165, 1.54) is 0 Å². The van der Waals surface area contributed by atoms with Crippen LogP contribution in [-0.2, 0) is 11.2 Å². The van der Waals surface area contributed by atoms with Gasteiger partial charge < -0.3 is 16.2 Å². The fraction of sp³-hybridized carbons (Fsp3) is 0.0909. The number of anilines is 2. The molecule has 0 aliphatic heterocycles. The Morgan fingerprint density at radius 2 is 2.16 bits per heavy atom. The highest BCUT2D eigenvalue weighted by Gasteiger charge is 2.16. The molecule has 98 valence electrons. The molecule has 0 radical (unpaired) electrons. The normalized spacial score (nSPS) is 10.1. The van der Waals surface area contributed by atoms with Gasteiger partial charge in [-0.15, -0.1) is 0 Å². The van der Waals surface area contributed by atoms with Crippen molar-refractivity contribution < 1.29 is 19.3 Å². The monoisotopic (exact) mass is 262 g/mol. The molecule has 1 aromatic carbocycles. The van der Waals surface area contributed by atoms with E-state index < -0.39 is 11.9 Å². The number of hydrogen-bond donors (Lipinski definition) is 3. The average Bonchev–Trinajstić information content (AvgIpc) is 2.75. The lowest BCUT2D eigenvalue weighted by Gasteiger charge is -2.04. The number of hydrogen-bond acceptors (Lipinski definition) is 6. The Balaban J connectivity index is 2.13. The largest absolute Gasteiger partial charge is 0.481 e. The van der Waals surface area contributed by atoms with Crippen molar-refractivity contribution in [2.45, 2.75) is 6.42 Å². The van der Waals surface area contributed by atoms with Gasteiger partial charge >= 0.3 is 5.97 Å². The van der Waals surface area contributed by atoms with E-state index in [0.29, 0.717) is 11.3 Å². The van der Waals surface area contributed by atoms with Crippen LogP contribution in [0.4, 0.5) is 11.5 Å². The first-order chi connectivity index (χ1) is 9.06. The van der Waals surface area contributed by atoms with E-state index in [9.17, 15) is 9.59 Å². The third-order valence-corrected chi connectivity index (χ3v) is 2.27. The molecule has 0 atom stereocenters. The van der Waals surface area contributed by atoms with Gasteiger partial charge in [0.1, 0.15) is 0 Å². The zero-order valence-electron chi connectivity index (χ0n) is 9.66. The Morgan fingerprint density at radius 1 is 1.37 bits per heavy atom. The molecule has 1 heterocycles. The van der Waals surface area contributed by atoms with Gasteiger partial charge in [0.15, 0.2) is 0 Å². The second kappa shape index (κ2) is 5.17. The molecular weight excluding hydrogens is 252 g/mol. The van der Waals surface area contributed by atoms with Crippen molar-refractivity contribution in [3.05, 3.63) is 35.5 Å². The summed E-state index contributed by atoms with van der Waals surface area (Å²) >= 11 is 0. The van der Waals surface area contributed by atoms with Gasteiger partial charge in [-0.3, -0.25) is 9.59 Å². The minimum Gasteiger partial charge on any atom is -0.481 e. The van der Waals surface area contributed by atoms with Crippen LogP contribution in [0, 0.1) is 0 Å². The lowest BCUT2D eigenvalue weighted by Crippen LogP contribution is -2.14. The van der Waals surface area contributed by atoms with Crippen LogP contribution in [0.5, 0.6) is 0 Å². The molecule has 1 aromatic heterocycles. The molecule has 0 aliphatic carbocycles. The van der Waals surface area contributed by atoms with Crippen LogP contribution in [0.15, 0.2) is 28.9 Å². The van der Waals surface area contributed by atoms with E-state index in [0.717, 1.165) is 0 Å². The molecule has 0 fully saturated rings. The number of rotatable bonds is 4. The molecule has 8 nitrogen and oxygen atoms in total. The number of carboxylic acid groups (broad SMARTS) is 1. The number of carboxylic acids is 1. The average molecular weight is 262 g/mol. The van der Waals surface area contributed by atoms with E-state index in [1.54, 1.807) is 24.3 Å². The van der Waals surface area contributed by atoms with Crippen LogP contribution in [-0.4, -0.2) is 27.3 Å². The highest BCUT2D eigenvalue weighted by molar-refractivity contribution is 6.05. The fourth-order valence-electron chi connectivity index (χ4n) is 1.48. The van der Waals surface area contributed by atoms with Crippen molar-refractivity contribution in [2.75, 3.05) is 11.1 Å². The van der Waals surface area contributed by atoms with Gasteiger partial charge in [0, 0.05) is 5.69 Å². The first-order valence-electron chi connectivity index (χ1n) is 5.26. The highest BCUT2D eigenvalue weighted by atomic mass is 16.6. The minimum absolute atomic E-state index is 0.112. The Labute approximate surface area is 107 Å². The summed E-state index contributed by atoms with van der Waals surface area (Å²) in [6.07, 6.45) is -0.128. The Kier molecular flexibility index (Phi) is 3.42. The van der Waals surface area contributed by atoms with E-state index >= 15 is 0 Å². The van der Waals surface area contributed by atoms with Gasteiger partial charge in [-0.25, -0.2) is 4.63 Å². The van der Waals surface area contributed by atoms with Crippen LogP contribution in [0.25, 0.3) is 0 Å². The van der Waals surface area contributed by atoms with Gasteiger partial charge in [0.25, 0.3) is 5.91 Å². The number of nitrogens with zero attached hydrogens (tertiary/aromatic N) is 2. The number of carbonyl (C=O) groups is 2. The minimum atomic E-state index is -0.951. The Bertz CT molecular complexity index is 623. The number of nitrogens with one attached hydrogen (secondary N) is 1. The summed E-state index contributed by atoms with van der Waals surface area (Å²) < 4.78 is 4.32. The maximum Gasteiger partial charge on any atom is 0.307 e. The number of amides is 1. The molecule has 0 aliphatic rings. The molecule has 0 unspecified atom stereocenters. The van der Waals surface area contributed by atoms with Crippen molar-refractivity contribution in [3.8, 4) is 0 Å². The molecule has 1 amide bonds. The maximum absolute atomic E-state index is 11.8. The predicted octanol–water partition coefficient (Wildman–Crippen LogP) is 0.531. The van der Waals surface area contributed by atoms with E-state index in [2.05, 4.69) is 20.3 Å². The van der Waals surface area contributed by atoms with E-state index in [-0.39, 0.29) is 17.9 Å². The molecule has 8 heteroatoms. The van der Waals surface area contributed by atoms with Gasteiger partial charge in [0.2, 0.25) is 11.5 Å². The lowest BCUT2D eigenvalue weighted by atomic mass is 10.1. The Morgan fingerprint density at radius 3 is 2.79 bits per heavy atom. The van der Waals surface area contributed by atoms with Crippen LogP contribution in [0.3, 0.4) is 0 Å². The third-order valence-electron chi connectivity index (χ3n) is 2.27. The highest BCUT2D eigenvalue weighted by Crippen LogP contribution is 2.13. The van der Waals surface area contributed by atoms with Crippen LogP contribution >= 0.6 is 0 Å². The molecule has 0 saturated carbocycles. The summed E-state index contributed by atoms with van der Waals surface area (Å²) in [6.45, 7) is 0. The van der Waals surface area contributed by atoms with Gasteiger partial charge in [-0.05, 0) is 28.0 Å². The zero-order valence-corrected chi connectivity index (χ0v) is 9.66. The van der Waals surface area contributed by atoms with Crippen molar-refractivity contribution >= 4 is 23.4 Å². The van der Waals surface area contributed by atoms with E-state index in [4.69, 9.17) is 10.8 Å². The van der Waals surface area contributed by atoms with Gasteiger partial charge in [-0.2, -0.15) is 0 Å². The van der Waals surface area contributed by atoms with Crippen molar-refractivity contribution in [2.24, 2.45) is 0 Å². The van der Waals surface area contributed by atoms with Crippen molar-refractivity contribution in [1.29, 1.82) is 0 Å². The van der Waals surface area contributed by atoms with Crippen LogP contribution < -0.4 is 11.1 Å². The van der Waals surface area contributed by atoms with Gasteiger partial charge in [-0.1, -0.05) is 12.1 Å². The zero-order chi connectivity index (χ0) is 13.8. The summed E-state index contributed by atoms with van der Waals surface area (Å²) in [5.41, 5.74) is 6.27. The summed E-state index contributed by atoms with van der Waals surface area (Å²) in [4.78, 5) is 22.4. The first kappa shape index (κ1) is 12.6. The summed E-state index contributed by atoms with van der Waals surface area (Å²) in [6, 6.07) is 6.46. The number of benzene rings is 1. The summed E-state index contributed by atoms with van der Waals surface area (Å²) in [7, 11) is 0. The van der Waals surface area contributed by atoms with E-state index in [1.807, 2.05) is 0 Å². The number of nitrogen functional groups attached to an aromatic ring is 1. The smallest absolute Gasteiger partial charge is 0.307 e. The van der Waals surface area contributed by atoms with Crippen LogP contribution in [0.1, 0.15) is 16.1 Å². The molecule has 0 spiro atoms. The molecule has 0 saturated heterocycles. The first-order valence-corrected chi connectivity index (χ1v) is 5.26. The Hall–Kier alpha value is -2.90. The topological polar surface area (TPSA) is 131 Å². The lowest BCUT2D eigenvalue weighted by molar-refractivity contribution is -0.136. The summed E-state index contributed by atoms with van der Waals surface area (Å²) in [5, 5.41) is 17.9. The van der Waals surface area contributed by atoms with Gasteiger partial charge in [0.05, 0.1) is 6.42 Å². The SMILES string of the molecule is Nc1nonc1C(=O)Nc1cccc(CC(=O)O)c1. The fourth-order valence-corrected chi connectivity index (χ4v) is 1.48. The molecule has 2 rings (SSSR count). The molecule has 0 bridgehead atoms. The van der Waals surface area contributed by atoms with Crippen molar-refractivity contribution in [1.82, 2.24) is 10.3 Å². The second-order valence-corrected chi connectivity index (χ2v) is 3.72. The number of nitrogens with two attached hydrogens (primary N) is 1. The molecule has 4 N–H and O–H groups in total. The number of aliphatic carboxylic acids is 1. The predicted molar refractivity (Wildman–Crippen MR) is 64.4 cm³/mol.